The number of nitrogens with two attached hydrogens (primary N) is 1. The molecule has 1 unspecified atom stereocenters. The Kier molecular flexibility index (Phi) is 5.45. The molecular weight excluding hydrogens is 268 g/mol. The maximum absolute atomic E-state index is 6.03. The van der Waals surface area contributed by atoms with Crippen molar-refractivity contribution in [3.05, 3.63) is 23.8 Å². The first-order chi connectivity index (χ1) is 10.1. The third-order valence-corrected chi connectivity index (χ3v) is 3.90. The molecule has 1 heterocycles. The van der Waals surface area contributed by atoms with Gasteiger partial charge >= 0.3 is 0 Å². The lowest BCUT2D eigenvalue weighted by Crippen LogP contribution is -2.48. The largest absolute Gasteiger partial charge is 0.493 e. The highest BCUT2D eigenvalue weighted by molar-refractivity contribution is 5.44. The van der Waals surface area contributed by atoms with Crippen LogP contribution in [0.2, 0.25) is 0 Å². The van der Waals surface area contributed by atoms with Gasteiger partial charge in [-0.2, -0.15) is 0 Å². The summed E-state index contributed by atoms with van der Waals surface area (Å²) in [5.41, 5.74) is 7.18. The number of hydrogen-bond donors (Lipinski definition) is 1. The third kappa shape index (κ3) is 3.67. The van der Waals surface area contributed by atoms with Crippen molar-refractivity contribution in [1.29, 1.82) is 0 Å². The Balaban J connectivity index is 2.24. The van der Waals surface area contributed by atoms with Gasteiger partial charge in [0.2, 0.25) is 0 Å². The smallest absolute Gasteiger partial charge is 0.161 e. The van der Waals surface area contributed by atoms with Crippen molar-refractivity contribution in [2.24, 2.45) is 5.73 Å². The summed E-state index contributed by atoms with van der Waals surface area (Å²) >= 11 is 0. The van der Waals surface area contributed by atoms with Crippen molar-refractivity contribution in [2.75, 3.05) is 33.9 Å². The van der Waals surface area contributed by atoms with Crippen LogP contribution in [0.15, 0.2) is 18.2 Å². The summed E-state index contributed by atoms with van der Waals surface area (Å²) in [6, 6.07) is 6.17. The van der Waals surface area contributed by atoms with Gasteiger partial charge in [0.15, 0.2) is 11.5 Å². The fourth-order valence-electron chi connectivity index (χ4n) is 3.03. The van der Waals surface area contributed by atoms with Crippen LogP contribution in [0.4, 0.5) is 0 Å². The molecule has 0 spiro atoms. The molecular formula is C16H26N2O3. The Morgan fingerprint density at radius 3 is 2.33 bits per heavy atom. The number of nitrogens with zero attached hydrogens (tertiary/aromatic N) is 1. The van der Waals surface area contributed by atoms with E-state index >= 15 is 0 Å². The molecule has 2 rings (SSSR count). The number of methoxy groups -OCH3 is 2. The van der Waals surface area contributed by atoms with Crippen molar-refractivity contribution < 1.29 is 14.2 Å². The van der Waals surface area contributed by atoms with E-state index in [0.29, 0.717) is 6.54 Å². The van der Waals surface area contributed by atoms with Gasteiger partial charge in [0.25, 0.3) is 0 Å². The lowest BCUT2D eigenvalue weighted by molar-refractivity contribution is -0.0799. The number of morpholine rings is 1. The summed E-state index contributed by atoms with van der Waals surface area (Å²) in [7, 11) is 3.29. The zero-order valence-corrected chi connectivity index (χ0v) is 13.3. The molecule has 1 aromatic carbocycles. The van der Waals surface area contributed by atoms with Gasteiger partial charge in [0.05, 0.1) is 26.4 Å². The Labute approximate surface area is 127 Å². The molecule has 5 heteroatoms. The average molecular weight is 294 g/mol. The second-order valence-electron chi connectivity index (χ2n) is 5.58. The maximum Gasteiger partial charge on any atom is 0.161 e. The zero-order chi connectivity index (χ0) is 15.4. The quantitative estimate of drug-likeness (QED) is 0.897. The van der Waals surface area contributed by atoms with Crippen LogP contribution in [0.25, 0.3) is 0 Å². The number of hydrogen-bond acceptors (Lipinski definition) is 5. The molecule has 0 bridgehead atoms. The van der Waals surface area contributed by atoms with Crippen molar-refractivity contribution in [3.63, 3.8) is 0 Å². The lowest BCUT2D eigenvalue weighted by Gasteiger charge is -2.40. The molecule has 1 aromatic rings. The molecule has 1 aliphatic heterocycles. The second kappa shape index (κ2) is 7.11. The van der Waals surface area contributed by atoms with Crippen LogP contribution in [-0.4, -0.2) is 51.0 Å². The normalized spacial score (nSPS) is 24.6. The molecule has 118 valence electrons. The Morgan fingerprint density at radius 2 is 1.81 bits per heavy atom. The zero-order valence-electron chi connectivity index (χ0n) is 13.3. The van der Waals surface area contributed by atoms with Gasteiger partial charge in [-0.15, -0.1) is 0 Å². The summed E-state index contributed by atoms with van der Waals surface area (Å²) in [5, 5.41) is 0. The second-order valence-corrected chi connectivity index (χ2v) is 5.58. The van der Waals surface area contributed by atoms with Crippen molar-refractivity contribution in [2.45, 2.75) is 32.1 Å². The molecule has 1 saturated heterocycles. The molecule has 0 aliphatic carbocycles. The minimum absolute atomic E-state index is 0.165. The first-order valence-electron chi connectivity index (χ1n) is 7.40. The van der Waals surface area contributed by atoms with Gasteiger partial charge in [0, 0.05) is 25.7 Å². The van der Waals surface area contributed by atoms with Gasteiger partial charge in [-0.25, -0.2) is 0 Å². The van der Waals surface area contributed by atoms with Crippen LogP contribution in [0.5, 0.6) is 11.5 Å². The monoisotopic (exact) mass is 294 g/mol. The lowest BCUT2D eigenvalue weighted by atomic mass is 10.0. The molecule has 1 fully saturated rings. The number of rotatable bonds is 5. The summed E-state index contributed by atoms with van der Waals surface area (Å²) in [5.74, 6) is 1.48. The minimum Gasteiger partial charge on any atom is -0.493 e. The molecule has 0 saturated carbocycles. The van der Waals surface area contributed by atoms with E-state index < -0.39 is 0 Å². The Morgan fingerprint density at radius 1 is 1.19 bits per heavy atom. The van der Waals surface area contributed by atoms with Crippen molar-refractivity contribution >= 4 is 0 Å². The molecule has 2 N–H and O–H groups in total. The van der Waals surface area contributed by atoms with Crippen LogP contribution in [0.3, 0.4) is 0 Å². The maximum atomic E-state index is 6.03. The molecule has 1 aliphatic rings. The van der Waals surface area contributed by atoms with Gasteiger partial charge < -0.3 is 19.9 Å². The fraction of sp³-hybridized carbons (Fsp3) is 0.625. The Bertz CT molecular complexity index is 457. The fourth-order valence-corrected chi connectivity index (χ4v) is 3.03. The van der Waals surface area contributed by atoms with Crippen LogP contribution in [0.1, 0.15) is 25.5 Å². The number of benzene rings is 1. The van der Waals surface area contributed by atoms with E-state index in [1.807, 2.05) is 12.1 Å². The van der Waals surface area contributed by atoms with Gasteiger partial charge in [-0.3, -0.25) is 4.90 Å². The van der Waals surface area contributed by atoms with Crippen LogP contribution >= 0.6 is 0 Å². The molecule has 0 radical (unpaired) electrons. The van der Waals surface area contributed by atoms with Crippen LogP contribution in [0, 0.1) is 0 Å². The first-order valence-corrected chi connectivity index (χ1v) is 7.40. The van der Waals surface area contributed by atoms with Crippen LogP contribution in [-0.2, 0) is 4.74 Å². The highest BCUT2D eigenvalue weighted by Crippen LogP contribution is 2.32. The SMILES string of the molecule is COc1ccc(C(CN)N2C[C@@H](C)O[C@@H](C)C2)cc1OC. The first kappa shape index (κ1) is 16.1. The Hall–Kier alpha value is -1.30. The molecule has 0 aromatic heterocycles. The summed E-state index contributed by atoms with van der Waals surface area (Å²) in [4.78, 5) is 2.39. The third-order valence-electron chi connectivity index (χ3n) is 3.90. The van der Waals surface area contributed by atoms with E-state index in [1.165, 1.54) is 0 Å². The molecule has 3 atom stereocenters. The summed E-state index contributed by atoms with van der Waals surface area (Å²) in [6.07, 6.45) is 0.450. The van der Waals surface area contributed by atoms with E-state index in [0.717, 1.165) is 30.2 Å². The highest BCUT2D eigenvalue weighted by Gasteiger charge is 2.28. The van der Waals surface area contributed by atoms with Gasteiger partial charge in [-0.1, -0.05) is 6.07 Å². The number of ether oxygens (including phenoxy) is 3. The van der Waals surface area contributed by atoms with Crippen LogP contribution < -0.4 is 15.2 Å². The van der Waals surface area contributed by atoms with E-state index in [1.54, 1.807) is 14.2 Å². The van der Waals surface area contributed by atoms with E-state index in [-0.39, 0.29) is 18.2 Å². The van der Waals surface area contributed by atoms with Gasteiger partial charge in [0.1, 0.15) is 0 Å². The standard InChI is InChI=1S/C16H26N2O3/c1-11-9-18(10-12(2)21-11)14(8-17)13-5-6-15(19-3)16(7-13)20-4/h5-7,11-12,14H,8-10,17H2,1-4H3/t11-,12+,14?. The predicted molar refractivity (Wildman–Crippen MR) is 82.9 cm³/mol. The summed E-state index contributed by atoms with van der Waals surface area (Å²) in [6.45, 7) is 6.55. The minimum atomic E-state index is 0.165. The average Bonchev–Trinajstić information content (AvgIpc) is 2.46. The van der Waals surface area contributed by atoms with E-state index in [4.69, 9.17) is 19.9 Å². The van der Waals surface area contributed by atoms with E-state index in [2.05, 4.69) is 24.8 Å². The van der Waals surface area contributed by atoms with Gasteiger partial charge in [-0.05, 0) is 31.5 Å². The summed E-state index contributed by atoms with van der Waals surface area (Å²) < 4.78 is 16.5. The van der Waals surface area contributed by atoms with Crippen molar-refractivity contribution in [1.82, 2.24) is 4.90 Å². The highest BCUT2D eigenvalue weighted by atomic mass is 16.5. The molecule has 21 heavy (non-hydrogen) atoms. The topological polar surface area (TPSA) is 57.0 Å². The van der Waals surface area contributed by atoms with Crippen molar-refractivity contribution in [3.8, 4) is 11.5 Å². The van der Waals surface area contributed by atoms with E-state index in [9.17, 15) is 0 Å². The predicted octanol–water partition coefficient (Wildman–Crippen LogP) is 1.81. The molecule has 5 nitrogen and oxygen atoms in total. The molecule has 0 amide bonds.